The Morgan fingerprint density at radius 3 is 1.62 bits per heavy atom. The minimum absolute atomic E-state index is 0.125. The molecule has 0 aromatic heterocycles. The maximum absolute atomic E-state index is 9.25. The van der Waals surface area contributed by atoms with E-state index in [0.29, 0.717) is 0 Å². The van der Waals surface area contributed by atoms with E-state index in [1.54, 1.807) is 0 Å². The van der Waals surface area contributed by atoms with Gasteiger partial charge in [0.15, 0.2) is 0 Å². The van der Waals surface area contributed by atoms with Crippen LogP contribution in [0, 0.1) is 0 Å². The van der Waals surface area contributed by atoms with Crippen LogP contribution in [0.1, 0.15) is 40.0 Å². The fraction of sp³-hybridized carbons (Fsp3) is 0.700. The molecule has 0 atom stereocenters. The number of hydrogen-bond acceptors (Lipinski definition) is 2. The Bertz CT molecular complexity index is 143. The number of aliphatic carboxylic acids is 1. The van der Waals surface area contributed by atoms with Gasteiger partial charge in [0.2, 0.25) is 0 Å². The van der Waals surface area contributed by atoms with E-state index in [4.69, 9.17) is 10.8 Å². The van der Waals surface area contributed by atoms with E-state index in [1.807, 2.05) is 0 Å². The van der Waals surface area contributed by atoms with Crippen molar-refractivity contribution in [3.05, 3.63) is 12.7 Å². The zero-order chi connectivity index (χ0) is 10.9. The van der Waals surface area contributed by atoms with Crippen molar-refractivity contribution in [1.82, 2.24) is 0 Å². The monoisotopic (exact) mass is 187 g/mol. The molecule has 0 heterocycles. The Labute approximate surface area is 80.6 Å². The van der Waals surface area contributed by atoms with E-state index in [2.05, 4.69) is 27.4 Å². The first-order chi connectivity index (χ1) is 5.95. The smallest absolute Gasteiger partial charge is 0.327 e. The number of hydrogen-bond donors (Lipinski definition) is 2. The van der Waals surface area contributed by atoms with Crippen LogP contribution >= 0.6 is 0 Å². The van der Waals surface area contributed by atoms with Crippen LogP contribution in [-0.2, 0) is 4.79 Å². The quantitative estimate of drug-likeness (QED) is 0.663. The van der Waals surface area contributed by atoms with Gasteiger partial charge in [0, 0.05) is 11.6 Å². The molecule has 3 N–H and O–H groups in total. The molecule has 0 fully saturated rings. The normalized spacial score (nSPS) is 9.85. The highest BCUT2D eigenvalue weighted by atomic mass is 16.4. The summed E-state index contributed by atoms with van der Waals surface area (Å²) in [5.74, 6) is -0.981. The van der Waals surface area contributed by atoms with Gasteiger partial charge in [-0.3, -0.25) is 0 Å². The average molecular weight is 187 g/mol. The Morgan fingerprint density at radius 1 is 1.38 bits per heavy atom. The number of rotatable bonds is 4. The Kier molecular flexibility index (Phi) is 8.81. The molecule has 0 spiro atoms. The second-order valence-corrected chi connectivity index (χ2v) is 2.97. The van der Waals surface area contributed by atoms with Crippen LogP contribution in [0.15, 0.2) is 12.7 Å². The van der Waals surface area contributed by atoms with Gasteiger partial charge in [0.25, 0.3) is 0 Å². The SMILES string of the molecule is C=CC(=O)O.CCC(N)(CC)CC. The highest BCUT2D eigenvalue weighted by Crippen LogP contribution is 2.14. The molecular weight excluding hydrogens is 166 g/mol. The first-order valence-corrected chi connectivity index (χ1v) is 4.60. The molecule has 0 saturated heterocycles. The summed E-state index contributed by atoms with van der Waals surface area (Å²) in [7, 11) is 0. The Morgan fingerprint density at radius 2 is 1.62 bits per heavy atom. The van der Waals surface area contributed by atoms with Crippen molar-refractivity contribution in [3.63, 3.8) is 0 Å². The predicted molar refractivity (Wildman–Crippen MR) is 55.6 cm³/mol. The molecule has 0 amide bonds. The second kappa shape index (κ2) is 7.80. The van der Waals surface area contributed by atoms with Gasteiger partial charge in [-0.15, -0.1) is 0 Å². The zero-order valence-corrected chi connectivity index (χ0v) is 8.84. The standard InChI is InChI=1S/C7H17N.C3H4O2/c1-4-7(8,5-2)6-3;1-2-3(4)5/h4-6,8H2,1-3H3;2H,1H2,(H,4,5). The van der Waals surface area contributed by atoms with E-state index in [-0.39, 0.29) is 5.54 Å². The summed E-state index contributed by atoms with van der Waals surface area (Å²) in [4.78, 5) is 9.25. The summed E-state index contributed by atoms with van der Waals surface area (Å²) in [6.45, 7) is 9.40. The maximum atomic E-state index is 9.25. The average Bonchev–Trinajstić information content (AvgIpc) is 2.17. The van der Waals surface area contributed by atoms with E-state index >= 15 is 0 Å². The third-order valence-electron chi connectivity index (χ3n) is 2.29. The van der Waals surface area contributed by atoms with Gasteiger partial charge < -0.3 is 10.8 Å². The Balaban J connectivity index is 0. The van der Waals surface area contributed by atoms with Crippen LogP contribution in [0.5, 0.6) is 0 Å². The molecule has 0 saturated carbocycles. The van der Waals surface area contributed by atoms with Gasteiger partial charge in [0.1, 0.15) is 0 Å². The minimum atomic E-state index is -0.981. The van der Waals surface area contributed by atoms with Gasteiger partial charge in [-0.05, 0) is 19.3 Å². The molecule has 0 aliphatic heterocycles. The lowest BCUT2D eigenvalue weighted by atomic mass is 9.92. The third-order valence-corrected chi connectivity index (χ3v) is 2.29. The van der Waals surface area contributed by atoms with E-state index in [9.17, 15) is 4.79 Å². The van der Waals surface area contributed by atoms with Gasteiger partial charge in [-0.1, -0.05) is 27.4 Å². The highest BCUT2D eigenvalue weighted by Gasteiger charge is 2.15. The number of carboxylic acid groups (broad SMARTS) is 1. The Hall–Kier alpha value is -0.830. The molecule has 3 heteroatoms. The molecule has 0 bridgehead atoms. The summed E-state index contributed by atoms with van der Waals surface area (Å²) in [6, 6.07) is 0. The van der Waals surface area contributed by atoms with Crippen LogP contribution in [0.2, 0.25) is 0 Å². The molecule has 3 nitrogen and oxygen atoms in total. The van der Waals surface area contributed by atoms with Gasteiger partial charge in [-0.2, -0.15) is 0 Å². The topological polar surface area (TPSA) is 63.3 Å². The molecule has 0 aromatic carbocycles. The lowest BCUT2D eigenvalue weighted by Gasteiger charge is -2.23. The van der Waals surface area contributed by atoms with Crippen molar-refractivity contribution >= 4 is 5.97 Å². The first kappa shape index (κ1) is 14.7. The van der Waals surface area contributed by atoms with Crippen LogP contribution in [-0.4, -0.2) is 16.6 Å². The van der Waals surface area contributed by atoms with Gasteiger partial charge in [-0.25, -0.2) is 4.79 Å². The van der Waals surface area contributed by atoms with Crippen molar-refractivity contribution in [1.29, 1.82) is 0 Å². The molecule has 0 aliphatic carbocycles. The summed E-state index contributed by atoms with van der Waals surface area (Å²) >= 11 is 0. The molecule has 0 unspecified atom stereocenters. The van der Waals surface area contributed by atoms with Crippen LogP contribution < -0.4 is 5.73 Å². The zero-order valence-electron chi connectivity index (χ0n) is 8.84. The van der Waals surface area contributed by atoms with Crippen LogP contribution in [0.3, 0.4) is 0 Å². The number of carbonyl (C=O) groups is 1. The van der Waals surface area contributed by atoms with E-state index in [0.717, 1.165) is 25.3 Å². The maximum Gasteiger partial charge on any atom is 0.327 e. The number of nitrogens with two attached hydrogens (primary N) is 1. The largest absolute Gasteiger partial charge is 0.478 e. The molecule has 78 valence electrons. The lowest BCUT2D eigenvalue weighted by molar-refractivity contribution is -0.131. The molecule has 13 heavy (non-hydrogen) atoms. The van der Waals surface area contributed by atoms with Crippen LogP contribution in [0.4, 0.5) is 0 Å². The fourth-order valence-corrected chi connectivity index (χ4v) is 0.750. The van der Waals surface area contributed by atoms with Crippen molar-refractivity contribution in [2.24, 2.45) is 5.73 Å². The molecule has 0 aromatic rings. The molecular formula is C10H21NO2. The predicted octanol–water partition coefficient (Wildman–Crippen LogP) is 2.17. The molecule has 0 aliphatic rings. The van der Waals surface area contributed by atoms with Crippen molar-refractivity contribution in [3.8, 4) is 0 Å². The van der Waals surface area contributed by atoms with Crippen molar-refractivity contribution in [2.45, 2.75) is 45.6 Å². The third kappa shape index (κ3) is 9.08. The lowest BCUT2D eigenvalue weighted by Crippen LogP contribution is -2.37. The minimum Gasteiger partial charge on any atom is -0.478 e. The summed E-state index contributed by atoms with van der Waals surface area (Å²) in [5, 5.41) is 7.60. The van der Waals surface area contributed by atoms with Crippen molar-refractivity contribution in [2.75, 3.05) is 0 Å². The second-order valence-electron chi connectivity index (χ2n) is 2.97. The molecule has 0 radical (unpaired) electrons. The molecule has 0 rings (SSSR count). The van der Waals surface area contributed by atoms with Crippen molar-refractivity contribution < 1.29 is 9.90 Å². The van der Waals surface area contributed by atoms with Crippen LogP contribution in [0.25, 0.3) is 0 Å². The van der Waals surface area contributed by atoms with E-state index < -0.39 is 5.97 Å². The van der Waals surface area contributed by atoms with Gasteiger partial charge in [0.05, 0.1) is 0 Å². The summed E-state index contributed by atoms with van der Waals surface area (Å²) < 4.78 is 0. The fourth-order valence-electron chi connectivity index (χ4n) is 0.750. The summed E-state index contributed by atoms with van der Waals surface area (Å²) in [6.07, 6.45) is 4.12. The first-order valence-electron chi connectivity index (χ1n) is 4.60. The number of carboxylic acids is 1. The summed E-state index contributed by atoms with van der Waals surface area (Å²) in [5.41, 5.74) is 6.02. The van der Waals surface area contributed by atoms with Gasteiger partial charge >= 0.3 is 5.97 Å². The highest BCUT2D eigenvalue weighted by molar-refractivity contribution is 5.78. The van der Waals surface area contributed by atoms with E-state index in [1.165, 1.54) is 0 Å².